The van der Waals surface area contributed by atoms with E-state index in [1.807, 2.05) is 13.8 Å². The van der Waals surface area contributed by atoms with Crippen LogP contribution in [0.2, 0.25) is 0 Å². The largest absolute Gasteiger partial charge is 0.497 e. The molecule has 1 rings (SSSR count). The first-order valence-electron chi connectivity index (χ1n) is 6.12. The normalized spacial score (nSPS) is 10.1. The predicted molar refractivity (Wildman–Crippen MR) is 73.8 cm³/mol. The first-order chi connectivity index (χ1) is 8.99. The van der Waals surface area contributed by atoms with Crippen molar-refractivity contribution >= 4 is 11.6 Å². The van der Waals surface area contributed by atoms with Crippen LogP contribution in [0.1, 0.15) is 30.6 Å². The molecule has 1 amide bonds. The minimum Gasteiger partial charge on any atom is -0.497 e. The van der Waals surface area contributed by atoms with Gasteiger partial charge in [-0.15, -0.1) is 0 Å². The molecular formula is C14H19N3O2. The molecule has 102 valence electrons. The molecule has 0 aliphatic heterocycles. The third-order valence-corrected chi connectivity index (χ3v) is 2.76. The molecule has 0 aromatic heterocycles. The molecule has 5 heteroatoms. The lowest BCUT2D eigenvalue weighted by molar-refractivity contribution is 0.0710. The Balaban J connectivity index is 3.02. The van der Waals surface area contributed by atoms with Crippen molar-refractivity contribution < 1.29 is 9.53 Å². The second-order valence-electron chi connectivity index (χ2n) is 4.50. The van der Waals surface area contributed by atoms with Gasteiger partial charge in [0.15, 0.2) is 0 Å². The molecule has 0 fully saturated rings. The van der Waals surface area contributed by atoms with Gasteiger partial charge in [-0.2, -0.15) is 5.26 Å². The fourth-order valence-electron chi connectivity index (χ4n) is 1.79. The van der Waals surface area contributed by atoms with Gasteiger partial charge in [0.2, 0.25) is 0 Å². The molecule has 0 bridgehead atoms. The lowest BCUT2D eigenvalue weighted by Gasteiger charge is -2.26. The van der Waals surface area contributed by atoms with Gasteiger partial charge in [0.05, 0.1) is 19.6 Å². The number of amides is 1. The number of nitrogens with zero attached hydrogens (tertiary/aromatic N) is 2. The molecule has 1 aromatic rings. The maximum Gasteiger partial charge on any atom is 0.254 e. The van der Waals surface area contributed by atoms with E-state index in [2.05, 4.69) is 6.07 Å². The number of hydrogen-bond donors (Lipinski definition) is 1. The van der Waals surface area contributed by atoms with Gasteiger partial charge in [0.25, 0.3) is 5.91 Å². The number of nitriles is 1. The quantitative estimate of drug-likeness (QED) is 0.822. The first kappa shape index (κ1) is 14.8. The van der Waals surface area contributed by atoms with E-state index in [0.717, 1.165) is 0 Å². The summed E-state index contributed by atoms with van der Waals surface area (Å²) in [6, 6.07) is 7.00. The molecule has 0 radical (unpaired) electrons. The molecule has 0 unspecified atom stereocenters. The van der Waals surface area contributed by atoms with Crippen molar-refractivity contribution in [2.24, 2.45) is 0 Å². The van der Waals surface area contributed by atoms with E-state index < -0.39 is 0 Å². The maximum atomic E-state index is 12.4. The summed E-state index contributed by atoms with van der Waals surface area (Å²) >= 11 is 0. The second kappa shape index (κ2) is 6.64. The number of hydrogen-bond acceptors (Lipinski definition) is 4. The molecule has 1 aromatic carbocycles. The number of ether oxygens (including phenoxy) is 1. The third kappa shape index (κ3) is 3.88. The second-order valence-corrected chi connectivity index (χ2v) is 4.50. The minimum absolute atomic E-state index is 0.0216. The average molecular weight is 261 g/mol. The number of nitrogens with two attached hydrogens (primary N) is 1. The summed E-state index contributed by atoms with van der Waals surface area (Å²) in [6.45, 7) is 4.24. The van der Waals surface area contributed by atoms with Gasteiger partial charge < -0.3 is 15.4 Å². The van der Waals surface area contributed by atoms with Gasteiger partial charge in [0.1, 0.15) is 5.75 Å². The van der Waals surface area contributed by atoms with Crippen molar-refractivity contribution in [3.05, 3.63) is 23.8 Å². The van der Waals surface area contributed by atoms with Gasteiger partial charge in [-0.05, 0) is 26.0 Å². The Morgan fingerprint density at radius 2 is 2.16 bits per heavy atom. The highest BCUT2D eigenvalue weighted by molar-refractivity contribution is 5.95. The Morgan fingerprint density at radius 1 is 1.47 bits per heavy atom. The summed E-state index contributed by atoms with van der Waals surface area (Å²) in [5, 5.41) is 8.65. The van der Waals surface area contributed by atoms with Crippen molar-refractivity contribution in [2.45, 2.75) is 26.3 Å². The third-order valence-electron chi connectivity index (χ3n) is 2.76. The van der Waals surface area contributed by atoms with Crippen molar-refractivity contribution in [3.63, 3.8) is 0 Å². The zero-order valence-corrected chi connectivity index (χ0v) is 11.5. The number of carbonyl (C=O) groups is 1. The summed E-state index contributed by atoms with van der Waals surface area (Å²) in [6.07, 6.45) is 0.309. The van der Waals surface area contributed by atoms with Crippen LogP contribution in [0.15, 0.2) is 18.2 Å². The molecule has 2 N–H and O–H groups in total. The summed E-state index contributed by atoms with van der Waals surface area (Å²) in [7, 11) is 1.53. The number of rotatable bonds is 5. The smallest absolute Gasteiger partial charge is 0.254 e. The lowest BCUT2D eigenvalue weighted by atomic mass is 10.1. The SMILES string of the molecule is COc1cc(N)cc(C(=O)N(CCC#N)C(C)C)c1. The van der Waals surface area contributed by atoms with Gasteiger partial charge in [-0.1, -0.05) is 0 Å². The number of nitrogen functional groups attached to an aromatic ring is 1. The summed E-state index contributed by atoms with van der Waals surface area (Å²) in [5.74, 6) is 0.406. The Morgan fingerprint density at radius 3 is 2.68 bits per heavy atom. The molecule has 0 saturated heterocycles. The van der Waals surface area contributed by atoms with Crippen LogP contribution in [0, 0.1) is 11.3 Å². The topological polar surface area (TPSA) is 79.3 Å². The minimum atomic E-state index is -0.143. The maximum absolute atomic E-state index is 12.4. The standard InChI is InChI=1S/C14H19N3O2/c1-10(2)17(6-4-5-15)14(18)11-7-12(16)9-13(8-11)19-3/h7-10H,4,6,16H2,1-3H3. The van der Waals surface area contributed by atoms with E-state index in [9.17, 15) is 4.79 Å². The molecule has 19 heavy (non-hydrogen) atoms. The summed E-state index contributed by atoms with van der Waals surface area (Å²) in [4.78, 5) is 14.1. The Bertz CT molecular complexity index is 492. The van der Waals surface area contributed by atoms with E-state index in [1.54, 1.807) is 23.1 Å². The Kier molecular flexibility index (Phi) is 5.19. The van der Waals surface area contributed by atoms with Crippen LogP contribution in [0.5, 0.6) is 5.75 Å². The zero-order valence-electron chi connectivity index (χ0n) is 11.5. The van der Waals surface area contributed by atoms with E-state index >= 15 is 0 Å². The van der Waals surface area contributed by atoms with Gasteiger partial charge in [0, 0.05) is 29.9 Å². The molecule has 0 aliphatic carbocycles. The molecule has 0 spiro atoms. The molecule has 0 saturated carbocycles. The monoisotopic (exact) mass is 261 g/mol. The predicted octanol–water partition coefficient (Wildman–Crippen LogP) is 2.04. The number of benzene rings is 1. The summed E-state index contributed by atoms with van der Waals surface area (Å²) < 4.78 is 5.10. The number of anilines is 1. The van der Waals surface area contributed by atoms with Crippen LogP contribution < -0.4 is 10.5 Å². The van der Waals surface area contributed by atoms with Crippen molar-refractivity contribution in [1.29, 1.82) is 5.26 Å². The van der Waals surface area contributed by atoms with Crippen LogP contribution in [-0.2, 0) is 0 Å². The number of methoxy groups -OCH3 is 1. The number of carbonyl (C=O) groups excluding carboxylic acids is 1. The fraction of sp³-hybridized carbons (Fsp3) is 0.429. The zero-order chi connectivity index (χ0) is 14.4. The van der Waals surface area contributed by atoms with Crippen LogP contribution in [0.4, 0.5) is 5.69 Å². The highest BCUT2D eigenvalue weighted by Crippen LogP contribution is 2.20. The highest BCUT2D eigenvalue weighted by atomic mass is 16.5. The first-order valence-corrected chi connectivity index (χ1v) is 6.12. The van der Waals surface area contributed by atoms with E-state index in [-0.39, 0.29) is 11.9 Å². The van der Waals surface area contributed by atoms with Crippen molar-refractivity contribution in [1.82, 2.24) is 4.90 Å². The van der Waals surface area contributed by atoms with Gasteiger partial charge in [-0.25, -0.2) is 0 Å². The molecular weight excluding hydrogens is 242 g/mol. The van der Waals surface area contributed by atoms with Crippen LogP contribution in [-0.4, -0.2) is 30.5 Å². The fourth-order valence-corrected chi connectivity index (χ4v) is 1.79. The van der Waals surface area contributed by atoms with Crippen LogP contribution in [0.3, 0.4) is 0 Å². The van der Waals surface area contributed by atoms with Crippen LogP contribution in [0.25, 0.3) is 0 Å². The van der Waals surface area contributed by atoms with E-state index in [1.165, 1.54) is 7.11 Å². The van der Waals surface area contributed by atoms with Crippen molar-refractivity contribution in [3.8, 4) is 11.8 Å². The van der Waals surface area contributed by atoms with Crippen molar-refractivity contribution in [2.75, 3.05) is 19.4 Å². The molecule has 0 atom stereocenters. The Labute approximate surface area is 113 Å². The van der Waals surface area contributed by atoms with Gasteiger partial charge >= 0.3 is 0 Å². The Hall–Kier alpha value is -2.22. The molecule has 0 heterocycles. The average Bonchev–Trinajstić information content (AvgIpc) is 2.37. The van der Waals surface area contributed by atoms with E-state index in [0.29, 0.717) is 30.0 Å². The highest BCUT2D eigenvalue weighted by Gasteiger charge is 2.19. The molecule has 5 nitrogen and oxygen atoms in total. The van der Waals surface area contributed by atoms with Crippen LogP contribution >= 0.6 is 0 Å². The van der Waals surface area contributed by atoms with E-state index in [4.69, 9.17) is 15.7 Å². The van der Waals surface area contributed by atoms with Gasteiger partial charge in [-0.3, -0.25) is 4.79 Å². The molecule has 0 aliphatic rings. The lowest BCUT2D eigenvalue weighted by Crippen LogP contribution is -2.37. The summed E-state index contributed by atoms with van der Waals surface area (Å²) in [5.41, 5.74) is 6.70.